The monoisotopic (exact) mass is 357 g/mol. The van der Waals surface area contributed by atoms with Gasteiger partial charge in [0.1, 0.15) is 0 Å². The molecule has 132 valence electrons. The van der Waals surface area contributed by atoms with Crippen LogP contribution in [-0.4, -0.2) is 36.3 Å². The van der Waals surface area contributed by atoms with E-state index in [-0.39, 0.29) is 18.4 Å². The normalized spacial score (nSPS) is 13.7. The molecule has 0 bridgehead atoms. The summed E-state index contributed by atoms with van der Waals surface area (Å²) in [6, 6.07) is 9.66. The lowest BCUT2D eigenvalue weighted by molar-refractivity contribution is -0.119. The number of benzene rings is 1. The Morgan fingerprint density at radius 3 is 2.68 bits per heavy atom. The molecular weight excluding hydrogens is 334 g/mol. The topological polar surface area (TPSA) is 61.4 Å². The molecule has 1 fully saturated rings. The first-order valence-electron chi connectivity index (χ1n) is 8.57. The SMILES string of the molecule is Cc1cccc(NCC(=O)NCc2cccs2)c1C(=O)N1CCCC1. The number of nitrogens with one attached hydrogen (secondary N) is 2. The van der Waals surface area contributed by atoms with E-state index >= 15 is 0 Å². The molecule has 1 aliphatic rings. The number of anilines is 1. The minimum Gasteiger partial charge on any atom is -0.376 e. The fraction of sp³-hybridized carbons (Fsp3) is 0.368. The minimum absolute atomic E-state index is 0.0529. The van der Waals surface area contributed by atoms with E-state index in [2.05, 4.69) is 10.6 Å². The van der Waals surface area contributed by atoms with Crippen LogP contribution in [0.5, 0.6) is 0 Å². The standard InChI is InChI=1S/C19H23N3O2S/c1-14-6-4-8-16(18(14)19(24)22-9-2-3-10-22)20-13-17(23)21-12-15-7-5-11-25-15/h4-8,11,20H,2-3,9-10,12-13H2,1H3,(H,21,23). The highest BCUT2D eigenvalue weighted by molar-refractivity contribution is 7.09. The minimum atomic E-state index is -0.0884. The fourth-order valence-corrected chi connectivity index (χ4v) is 3.66. The lowest BCUT2D eigenvalue weighted by Crippen LogP contribution is -2.31. The largest absolute Gasteiger partial charge is 0.376 e. The van der Waals surface area contributed by atoms with Crippen molar-refractivity contribution in [3.05, 3.63) is 51.7 Å². The number of nitrogens with zero attached hydrogens (tertiary/aromatic N) is 1. The van der Waals surface area contributed by atoms with Crippen LogP contribution in [0.4, 0.5) is 5.69 Å². The Kier molecular flexibility index (Phi) is 5.71. The van der Waals surface area contributed by atoms with Crippen molar-refractivity contribution in [3.63, 3.8) is 0 Å². The molecule has 0 atom stereocenters. The molecule has 5 nitrogen and oxygen atoms in total. The molecule has 0 aliphatic carbocycles. The summed E-state index contributed by atoms with van der Waals surface area (Å²) in [5.74, 6) is -0.0356. The zero-order valence-corrected chi connectivity index (χ0v) is 15.2. The van der Waals surface area contributed by atoms with Gasteiger partial charge in [-0.3, -0.25) is 9.59 Å². The van der Waals surface area contributed by atoms with Crippen LogP contribution >= 0.6 is 11.3 Å². The van der Waals surface area contributed by atoms with Gasteiger partial charge in [0.25, 0.3) is 5.91 Å². The molecular formula is C19H23N3O2S. The van der Waals surface area contributed by atoms with Crippen LogP contribution in [0.25, 0.3) is 0 Å². The molecule has 1 aromatic carbocycles. The third-order valence-electron chi connectivity index (χ3n) is 4.36. The second kappa shape index (κ2) is 8.16. The first kappa shape index (κ1) is 17.5. The number of carbonyl (C=O) groups is 2. The molecule has 1 saturated heterocycles. The van der Waals surface area contributed by atoms with E-state index in [0.717, 1.165) is 42.1 Å². The molecule has 25 heavy (non-hydrogen) atoms. The van der Waals surface area contributed by atoms with Gasteiger partial charge >= 0.3 is 0 Å². The molecule has 2 amide bonds. The van der Waals surface area contributed by atoms with Gasteiger partial charge in [-0.15, -0.1) is 11.3 Å². The maximum Gasteiger partial charge on any atom is 0.256 e. The molecule has 0 unspecified atom stereocenters. The Bertz CT molecular complexity index is 737. The third-order valence-corrected chi connectivity index (χ3v) is 5.24. The van der Waals surface area contributed by atoms with Crippen LogP contribution < -0.4 is 10.6 Å². The van der Waals surface area contributed by atoms with E-state index in [1.807, 2.05) is 47.5 Å². The lowest BCUT2D eigenvalue weighted by Gasteiger charge is -2.20. The summed E-state index contributed by atoms with van der Waals surface area (Å²) in [6.45, 7) is 4.24. The highest BCUT2D eigenvalue weighted by atomic mass is 32.1. The van der Waals surface area contributed by atoms with Gasteiger partial charge in [0, 0.05) is 23.7 Å². The van der Waals surface area contributed by atoms with E-state index in [0.29, 0.717) is 12.1 Å². The molecule has 6 heteroatoms. The summed E-state index contributed by atoms with van der Waals surface area (Å²) in [4.78, 5) is 27.9. The maximum absolute atomic E-state index is 12.8. The van der Waals surface area contributed by atoms with Crippen molar-refractivity contribution in [2.45, 2.75) is 26.3 Å². The summed E-state index contributed by atoms with van der Waals surface area (Å²) < 4.78 is 0. The van der Waals surface area contributed by atoms with E-state index in [4.69, 9.17) is 0 Å². The van der Waals surface area contributed by atoms with Crippen LogP contribution in [0.2, 0.25) is 0 Å². The van der Waals surface area contributed by atoms with Gasteiger partial charge in [0.15, 0.2) is 0 Å². The van der Waals surface area contributed by atoms with Crippen LogP contribution in [-0.2, 0) is 11.3 Å². The predicted octanol–water partition coefficient (Wildman–Crippen LogP) is 3.02. The number of carbonyl (C=O) groups excluding carboxylic acids is 2. The van der Waals surface area contributed by atoms with Gasteiger partial charge < -0.3 is 15.5 Å². The van der Waals surface area contributed by atoms with Crippen molar-refractivity contribution >= 4 is 28.8 Å². The van der Waals surface area contributed by atoms with Crippen molar-refractivity contribution in [3.8, 4) is 0 Å². The lowest BCUT2D eigenvalue weighted by atomic mass is 10.0. The zero-order chi connectivity index (χ0) is 17.6. The van der Waals surface area contributed by atoms with Crippen LogP contribution in [0, 0.1) is 6.92 Å². The molecule has 2 aromatic rings. The number of rotatable bonds is 6. The average molecular weight is 357 g/mol. The van der Waals surface area contributed by atoms with Gasteiger partial charge in [0.2, 0.25) is 5.91 Å². The van der Waals surface area contributed by atoms with E-state index in [1.165, 1.54) is 0 Å². The molecule has 0 radical (unpaired) electrons. The van der Waals surface area contributed by atoms with E-state index in [1.54, 1.807) is 11.3 Å². The van der Waals surface area contributed by atoms with Gasteiger partial charge in [0.05, 0.1) is 18.7 Å². The van der Waals surface area contributed by atoms with Crippen LogP contribution in [0.15, 0.2) is 35.7 Å². The van der Waals surface area contributed by atoms with Gasteiger partial charge in [-0.1, -0.05) is 18.2 Å². The Hall–Kier alpha value is -2.34. The molecule has 2 heterocycles. The Labute approximate surface area is 152 Å². The summed E-state index contributed by atoms with van der Waals surface area (Å²) in [5.41, 5.74) is 2.33. The summed E-state index contributed by atoms with van der Waals surface area (Å²) in [6.07, 6.45) is 2.12. The number of thiophene rings is 1. The van der Waals surface area contributed by atoms with Crippen molar-refractivity contribution < 1.29 is 9.59 Å². The quantitative estimate of drug-likeness (QED) is 0.835. The first-order valence-corrected chi connectivity index (χ1v) is 9.45. The predicted molar refractivity (Wildman–Crippen MR) is 101 cm³/mol. The summed E-state index contributed by atoms with van der Waals surface area (Å²) in [7, 11) is 0. The fourth-order valence-electron chi connectivity index (χ4n) is 3.01. The van der Waals surface area contributed by atoms with E-state index in [9.17, 15) is 9.59 Å². The number of aryl methyl sites for hydroxylation is 1. The second-order valence-electron chi connectivity index (χ2n) is 6.21. The van der Waals surface area contributed by atoms with Crippen molar-refractivity contribution in [1.82, 2.24) is 10.2 Å². The number of likely N-dealkylation sites (tertiary alicyclic amines) is 1. The summed E-state index contributed by atoms with van der Waals surface area (Å²) >= 11 is 1.62. The Morgan fingerprint density at radius 1 is 1.16 bits per heavy atom. The number of amides is 2. The Morgan fingerprint density at radius 2 is 1.96 bits per heavy atom. The van der Waals surface area contributed by atoms with Gasteiger partial charge in [-0.25, -0.2) is 0 Å². The smallest absolute Gasteiger partial charge is 0.256 e. The zero-order valence-electron chi connectivity index (χ0n) is 14.4. The molecule has 0 spiro atoms. The molecule has 1 aliphatic heterocycles. The van der Waals surface area contributed by atoms with Crippen LogP contribution in [0.1, 0.15) is 33.6 Å². The second-order valence-corrected chi connectivity index (χ2v) is 7.24. The van der Waals surface area contributed by atoms with E-state index < -0.39 is 0 Å². The molecule has 2 N–H and O–H groups in total. The molecule has 0 saturated carbocycles. The average Bonchev–Trinajstić information content (AvgIpc) is 3.30. The molecule has 1 aromatic heterocycles. The molecule has 3 rings (SSSR count). The van der Waals surface area contributed by atoms with Gasteiger partial charge in [-0.05, 0) is 42.8 Å². The Balaban J connectivity index is 1.62. The number of hydrogen-bond acceptors (Lipinski definition) is 4. The maximum atomic E-state index is 12.8. The highest BCUT2D eigenvalue weighted by Gasteiger charge is 2.23. The van der Waals surface area contributed by atoms with Crippen molar-refractivity contribution in [2.75, 3.05) is 25.0 Å². The first-order chi connectivity index (χ1) is 12.1. The van der Waals surface area contributed by atoms with Gasteiger partial charge in [-0.2, -0.15) is 0 Å². The highest BCUT2D eigenvalue weighted by Crippen LogP contribution is 2.23. The van der Waals surface area contributed by atoms with Crippen molar-refractivity contribution in [1.29, 1.82) is 0 Å². The number of hydrogen-bond donors (Lipinski definition) is 2. The van der Waals surface area contributed by atoms with Crippen molar-refractivity contribution in [2.24, 2.45) is 0 Å². The third kappa shape index (κ3) is 4.39. The summed E-state index contributed by atoms with van der Waals surface area (Å²) in [5, 5.41) is 8.01. The van der Waals surface area contributed by atoms with Crippen LogP contribution in [0.3, 0.4) is 0 Å².